The minimum atomic E-state index is 0.0526. The molecular formula is C12H17Cl2NS. The maximum atomic E-state index is 6.15. The molecule has 1 unspecified atom stereocenters. The molecule has 0 amide bonds. The van der Waals surface area contributed by atoms with E-state index in [2.05, 4.69) is 0 Å². The van der Waals surface area contributed by atoms with E-state index in [0.717, 1.165) is 26.6 Å². The maximum Gasteiger partial charge on any atom is 0.0991 e. The third kappa shape index (κ3) is 3.13. The fourth-order valence-electron chi connectivity index (χ4n) is 2.48. The van der Waals surface area contributed by atoms with E-state index in [0.29, 0.717) is 0 Å². The molecule has 1 fully saturated rings. The fraction of sp³-hybridized carbons (Fsp3) is 0.667. The molecule has 16 heavy (non-hydrogen) atoms. The predicted molar refractivity (Wildman–Crippen MR) is 72.5 cm³/mol. The van der Waals surface area contributed by atoms with Gasteiger partial charge in [0, 0.05) is 6.04 Å². The van der Waals surface area contributed by atoms with Gasteiger partial charge in [-0.15, -0.1) is 11.3 Å². The van der Waals surface area contributed by atoms with Crippen molar-refractivity contribution in [2.24, 2.45) is 11.7 Å². The first-order valence-electron chi connectivity index (χ1n) is 5.87. The molecule has 1 saturated carbocycles. The van der Waals surface area contributed by atoms with Crippen molar-refractivity contribution >= 4 is 34.5 Å². The van der Waals surface area contributed by atoms with E-state index in [-0.39, 0.29) is 6.04 Å². The van der Waals surface area contributed by atoms with Crippen LogP contribution < -0.4 is 5.73 Å². The summed E-state index contributed by atoms with van der Waals surface area (Å²) in [6.07, 6.45) is 7.80. The van der Waals surface area contributed by atoms with Crippen molar-refractivity contribution in [3.05, 3.63) is 20.3 Å². The highest BCUT2D eigenvalue weighted by Crippen LogP contribution is 2.37. The Kier molecular flexibility index (Phi) is 4.54. The summed E-state index contributed by atoms with van der Waals surface area (Å²) in [5.74, 6) is 0.888. The largest absolute Gasteiger partial charge is 0.324 e. The minimum absolute atomic E-state index is 0.0526. The molecule has 0 saturated heterocycles. The Bertz CT molecular complexity index is 345. The highest BCUT2D eigenvalue weighted by molar-refractivity contribution is 7.20. The molecule has 1 aromatic heterocycles. The van der Waals surface area contributed by atoms with Crippen molar-refractivity contribution in [2.75, 3.05) is 0 Å². The van der Waals surface area contributed by atoms with E-state index in [1.54, 1.807) is 0 Å². The number of rotatable bonds is 4. The average molecular weight is 278 g/mol. The molecule has 0 radical (unpaired) electrons. The number of hydrogen-bond donors (Lipinski definition) is 1. The topological polar surface area (TPSA) is 26.0 Å². The van der Waals surface area contributed by atoms with Gasteiger partial charge in [0.25, 0.3) is 0 Å². The van der Waals surface area contributed by atoms with Gasteiger partial charge in [0.2, 0.25) is 0 Å². The normalized spacial score (nSPS) is 19.2. The second-order valence-corrected chi connectivity index (χ2v) is 6.90. The molecule has 4 heteroatoms. The molecule has 0 aromatic carbocycles. The lowest BCUT2D eigenvalue weighted by Gasteiger charge is -2.14. The monoisotopic (exact) mass is 277 g/mol. The smallest absolute Gasteiger partial charge is 0.0991 e. The quantitative estimate of drug-likeness (QED) is 0.821. The van der Waals surface area contributed by atoms with Crippen LogP contribution in [0, 0.1) is 5.92 Å². The van der Waals surface area contributed by atoms with Crippen LogP contribution in [-0.4, -0.2) is 0 Å². The molecule has 2 N–H and O–H groups in total. The Hall–Kier alpha value is 0.240. The number of halogens is 2. The van der Waals surface area contributed by atoms with Crippen molar-refractivity contribution < 1.29 is 0 Å². The predicted octanol–water partition coefficient (Wildman–Crippen LogP) is 5.03. The van der Waals surface area contributed by atoms with E-state index in [9.17, 15) is 0 Å². The molecule has 2 rings (SSSR count). The summed E-state index contributed by atoms with van der Waals surface area (Å²) < 4.78 is 1.49. The van der Waals surface area contributed by atoms with E-state index in [4.69, 9.17) is 28.9 Å². The van der Waals surface area contributed by atoms with Crippen molar-refractivity contribution in [2.45, 2.75) is 44.6 Å². The van der Waals surface area contributed by atoms with Crippen LogP contribution in [0.5, 0.6) is 0 Å². The van der Waals surface area contributed by atoms with Gasteiger partial charge in [0.05, 0.1) is 8.67 Å². The Morgan fingerprint density at radius 1 is 1.38 bits per heavy atom. The third-order valence-electron chi connectivity index (χ3n) is 3.44. The molecule has 0 bridgehead atoms. The summed E-state index contributed by atoms with van der Waals surface area (Å²) in [6.45, 7) is 0. The fourth-order valence-corrected chi connectivity index (χ4v) is 4.07. The number of nitrogens with two attached hydrogens (primary N) is 1. The lowest BCUT2D eigenvalue weighted by Crippen LogP contribution is -2.11. The Labute approximate surface area is 111 Å². The highest BCUT2D eigenvalue weighted by atomic mass is 35.5. The average Bonchev–Trinajstić information content (AvgIpc) is 2.84. The molecule has 1 aromatic rings. The first-order valence-corrected chi connectivity index (χ1v) is 7.44. The Morgan fingerprint density at radius 2 is 2.06 bits per heavy atom. The zero-order chi connectivity index (χ0) is 11.5. The van der Waals surface area contributed by atoms with Gasteiger partial charge < -0.3 is 5.73 Å². The maximum absolute atomic E-state index is 6.15. The summed E-state index contributed by atoms with van der Waals surface area (Å²) in [7, 11) is 0. The molecule has 1 aliphatic carbocycles. The van der Waals surface area contributed by atoms with Crippen molar-refractivity contribution in [1.82, 2.24) is 0 Å². The van der Waals surface area contributed by atoms with Gasteiger partial charge in [-0.05, 0) is 30.4 Å². The second-order valence-electron chi connectivity index (χ2n) is 4.61. The number of hydrogen-bond acceptors (Lipinski definition) is 2. The molecule has 1 nitrogen and oxygen atoms in total. The van der Waals surface area contributed by atoms with Gasteiger partial charge in [-0.3, -0.25) is 0 Å². The van der Waals surface area contributed by atoms with E-state index < -0.39 is 0 Å². The lowest BCUT2D eigenvalue weighted by atomic mass is 9.96. The van der Waals surface area contributed by atoms with Gasteiger partial charge in [0.15, 0.2) is 0 Å². The van der Waals surface area contributed by atoms with E-state index in [1.165, 1.54) is 43.4 Å². The molecule has 0 aliphatic heterocycles. The summed E-state index contributed by atoms with van der Waals surface area (Å²) >= 11 is 13.4. The minimum Gasteiger partial charge on any atom is -0.324 e. The summed E-state index contributed by atoms with van der Waals surface area (Å²) in [5, 5.41) is 0. The van der Waals surface area contributed by atoms with Crippen molar-refractivity contribution in [3.63, 3.8) is 0 Å². The third-order valence-corrected chi connectivity index (χ3v) is 4.96. The van der Waals surface area contributed by atoms with Gasteiger partial charge in [0.1, 0.15) is 0 Å². The molecule has 1 atom stereocenters. The zero-order valence-electron chi connectivity index (χ0n) is 9.22. The van der Waals surface area contributed by atoms with Crippen LogP contribution in [0.4, 0.5) is 0 Å². The van der Waals surface area contributed by atoms with Crippen molar-refractivity contribution in [1.29, 1.82) is 0 Å². The van der Waals surface area contributed by atoms with E-state index in [1.807, 2.05) is 6.07 Å². The molecule has 90 valence electrons. The first kappa shape index (κ1) is 12.7. The van der Waals surface area contributed by atoms with Gasteiger partial charge in [-0.25, -0.2) is 0 Å². The Morgan fingerprint density at radius 3 is 2.62 bits per heavy atom. The van der Waals surface area contributed by atoms with Crippen LogP contribution >= 0.6 is 34.5 Å². The van der Waals surface area contributed by atoms with Crippen LogP contribution in [0.25, 0.3) is 0 Å². The summed E-state index contributed by atoms with van der Waals surface area (Å²) in [5.41, 5.74) is 7.17. The molecular weight excluding hydrogens is 261 g/mol. The SMILES string of the molecule is NC(CCC1CCCC1)c1cc(Cl)sc1Cl. The van der Waals surface area contributed by atoms with Crippen LogP contribution in [0.15, 0.2) is 6.07 Å². The number of thiophene rings is 1. The summed E-state index contributed by atoms with van der Waals surface area (Å²) in [6, 6.07) is 1.96. The van der Waals surface area contributed by atoms with Gasteiger partial charge in [-0.2, -0.15) is 0 Å². The van der Waals surface area contributed by atoms with Crippen molar-refractivity contribution in [3.8, 4) is 0 Å². The zero-order valence-corrected chi connectivity index (χ0v) is 11.5. The molecule has 1 heterocycles. The standard InChI is InChI=1S/C12H17Cl2NS/c13-11-7-9(12(14)16-11)10(15)6-5-8-3-1-2-4-8/h7-8,10H,1-6,15H2. The van der Waals surface area contributed by atoms with Crippen LogP contribution in [0.3, 0.4) is 0 Å². The first-order chi connectivity index (χ1) is 7.66. The van der Waals surface area contributed by atoms with Crippen LogP contribution in [0.2, 0.25) is 8.67 Å². The van der Waals surface area contributed by atoms with Gasteiger partial charge >= 0.3 is 0 Å². The van der Waals surface area contributed by atoms with Gasteiger partial charge in [-0.1, -0.05) is 48.9 Å². The van der Waals surface area contributed by atoms with Crippen LogP contribution in [0.1, 0.15) is 50.1 Å². The van der Waals surface area contributed by atoms with Crippen LogP contribution in [-0.2, 0) is 0 Å². The highest BCUT2D eigenvalue weighted by Gasteiger charge is 2.18. The lowest BCUT2D eigenvalue weighted by molar-refractivity contribution is 0.454. The van der Waals surface area contributed by atoms with E-state index >= 15 is 0 Å². The Balaban J connectivity index is 1.87. The molecule has 0 spiro atoms. The second kappa shape index (κ2) is 5.72. The summed E-state index contributed by atoms with van der Waals surface area (Å²) in [4.78, 5) is 0. The molecule has 1 aliphatic rings.